The van der Waals surface area contributed by atoms with Gasteiger partial charge in [-0.1, -0.05) is 10.8 Å². The van der Waals surface area contributed by atoms with Gasteiger partial charge in [-0.25, -0.2) is 9.78 Å². The van der Waals surface area contributed by atoms with Gasteiger partial charge >= 0.3 is 6.16 Å². The van der Waals surface area contributed by atoms with Gasteiger partial charge in [0, 0.05) is 18.2 Å². The fraction of sp³-hybridized carbons (Fsp3) is 0.250. The van der Waals surface area contributed by atoms with Crippen molar-refractivity contribution >= 4 is 39.1 Å². The molecule has 1 aromatic carbocycles. The van der Waals surface area contributed by atoms with E-state index in [4.69, 9.17) is 9.47 Å². The fourth-order valence-corrected chi connectivity index (χ4v) is 3.71. The number of aromatic nitrogens is 1. The lowest BCUT2D eigenvalue weighted by Gasteiger charge is -2.22. The van der Waals surface area contributed by atoms with Gasteiger partial charge in [-0.15, -0.1) is 0 Å². The second-order valence-electron chi connectivity index (χ2n) is 5.93. The molecule has 0 fully saturated rings. The lowest BCUT2D eigenvalue weighted by atomic mass is 10.2. The molecular weight excluding hydrogens is 410 g/mol. The molecule has 0 aliphatic rings. The quantitative estimate of drug-likeness (QED) is 0.193. The first kappa shape index (κ1) is 21.4. The van der Waals surface area contributed by atoms with E-state index in [0.29, 0.717) is 5.03 Å². The summed E-state index contributed by atoms with van der Waals surface area (Å²) in [6.45, 7) is 3.72. The Bertz CT molecular complexity index is 858. The largest absolute Gasteiger partial charge is 0.513 e. The Labute approximate surface area is 167 Å². The van der Waals surface area contributed by atoms with Gasteiger partial charge in [-0.2, -0.15) is 0 Å². The molecule has 0 saturated carbocycles. The Morgan fingerprint density at radius 1 is 1.07 bits per heavy atom. The summed E-state index contributed by atoms with van der Waals surface area (Å²) >= 11 is 0. The molecule has 1 aromatic heterocycles. The molecule has 0 atom stereocenters. The highest BCUT2D eigenvalue weighted by Gasteiger charge is 2.23. The van der Waals surface area contributed by atoms with E-state index in [0.717, 1.165) is 0 Å². The number of carbonyl (C=O) groups excluding carboxylic acids is 1. The van der Waals surface area contributed by atoms with Gasteiger partial charge < -0.3 is 9.47 Å². The third-order valence-electron chi connectivity index (χ3n) is 3.07. The Morgan fingerprint density at radius 2 is 1.68 bits per heavy atom. The summed E-state index contributed by atoms with van der Waals surface area (Å²) in [6.07, 6.45) is 0.245. The molecule has 10 nitrogen and oxygen atoms in total. The van der Waals surface area contributed by atoms with Crippen molar-refractivity contribution in [2.24, 2.45) is 0 Å². The number of benzene rings is 1. The lowest BCUT2D eigenvalue weighted by molar-refractivity contribution is -0.385. The van der Waals surface area contributed by atoms with Crippen molar-refractivity contribution in [1.82, 2.24) is 4.98 Å². The third-order valence-corrected chi connectivity index (χ3v) is 6.25. The number of hydrogen-bond donors (Lipinski definition) is 0. The maximum absolute atomic E-state index is 11.8. The Morgan fingerprint density at radius 3 is 2.21 bits per heavy atom. The van der Waals surface area contributed by atoms with Gasteiger partial charge in [0.1, 0.15) is 23.6 Å². The van der Waals surface area contributed by atoms with Crippen LogP contribution in [0.15, 0.2) is 47.6 Å². The first-order valence-corrected chi connectivity index (χ1v) is 9.86. The van der Waals surface area contributed by atoms with Crippen molar-refractivity contribution in [3.8, 4) is 5.75 Å². The van der Waals surface area contributed by atoms with E-state index in [1.165, 1.54) is 64.2 Å². The van der Waals surface area contributed by atoms with Crippen molar-refractivity contribution in [1.29, 1.82) is 0 Å². The molecule has 0 aliphatic heterocycles. The second kappa shape index (κ2) is 9.37. The van der Waals surface area contributed by atoms with Crippen LogP contribution in [0.3, 0.4) is 0 Å². The zero-order chi connectivity index (χ0) is 20.7. The van der Waals surface area contributed by atoms with Gasteiger partial charge in [-0.05, 0) is 42.8 Å². The standard InChI is InChI=1S/C16H15N3O7S2/c1-16(2,28-27-14-8-5-12(9-17-14)19(23)24)10-25-15(20)26-13-6-3-11(4-7-13)18(21)22/h3-9H,10H2,1-2H3. The van der Waals surface area contributed by atoms with Gasteiger partial charge in [0.15, 0.2) is 0 Å². The summed E-state index contributed by atoms with van der Waals surface area (Å²) in [7, 11) is 2.67. The minimum absolute atomic E-state index is 0.0312. The Kier molecular flexibility index (Phi) is 7.18. The summed E-state index contributed by atoms with van der Waals surface area (Å²) in [5, 5.41) is 21.8. The van der Waals surface area contributed by atoms with E-state index in [-0.39, 0.29) is 23.7 Å². The molecular formula is C16H15N3O7S2. The molecule has 0 N–H and O–H groups in total. The van der Waals surface area contributed by atoms with E-state index in [2.05, 4.69) is 4.98 Å². The van der Waals surface area contributed by atoms with E-state index in [1.54, 1.807) is 0 Å². The minimum atomic E-state index is -0.930. The molecule has 0 spiro atoms. The van der Waals surface area contributed by atoms with Crippen LogP contribution in [0.1, 0.15) is 13.8 Å². The highest BCUT2D eigenvalue weighted by Crippen LogP contribution is 2.40. The van der Waals surface area contributed by atoms with Crippen LogP contribution in [-0.2, 0) is 4.74 Å². The maximum Gasteiger partial charge on any atom is 0.513 e. The summed E-state index contributed by atoms with van der Waals surface area (Å²) < 4.78 is 9.56. The summed E-state index contributed by atoms with van der Waals surface area (Å²) in [5.41, 5.74) is -0.207. The first-order valence-electron chi connectivity index (χ1n) is 7.71. The zero-order valence-electron chi connectivity index (χ0n) is 14.8. The molecule has 28 heavy (non-hydrogen) atoms. The van der Waals surface area contributed by atoms with Crippen molar-refractivity contribution < 1.29 is 24.1 Å². The predicted molar refractivity (Wildman–Crippen MR) is 103 cm³/mol. The number of nitrogens with zero attached hydrogens (tertiary/aromatic N) is 3. The van der Waals surface area contributed by atoms with Crippen LogP contribution in [0.4, 0.5) is 16.2 Å². The average Bonchev–Trinajstić information content (AvgIpc) is 2.66. The maximum atomic E-state index is 11.8. The van der Waals surface area contributed by atoms with Crippen LogP contribution in [0.25, 0.3) is 0 Å². The van der Waals surface area contributed by atoms with Crippen LogP contribution >= 0.6 is 21.6 Å². The molecule has 12 heteroatoms. The number of rotatable bonds is 8. The normalized spacial score (nSPS) is 10.9. The lowest BCUT2D eigenvalue weighted by Crippen LogP contribution is -2.25. The smallest absolute Gasteiger partial charge is 0.432 e. The molecule has 0 saturated heterocycles. The summed E-state index contributed by atoms with van der Waals surface area (Å²) in [5.74, 6) is 0.130. The van der Waals surface area contributed by atoms with Crippen molar-refractivity contribution in [3.63, 3.8) is 0 Å². The number of ether oxygens (including phenoxy) is 2. The van der Waals surface area contributed by atoms with Gasteiger partial charge in [0.25, 0.3) is 11.4 Å². The van der Waals surface area contributed by atoms with E-state index in [9.17, 15) is 25.0 Å². The van der Waals surface area contributed by atoms with Crippen molar-refractivity contribution in [2.75, 3.05) is 6.61 Å². The highest BCUT2D eigenvalue weighted by atomic mass is 33.1. The highest BCUT2D eigenvalue weighted by molar-refractivity contribution is 8.77. The van der Waals surface area contributed by atoms with Crippen LogP contribution in [-0.4, -0.2) is 32.3 Å². The second-order valence-corrected chi connectivity index (χ2v) is 8.79. The topological polar surface area (TPSA) is 135 Å². The number of pyridine rings is 1. The van der Waals surface area contributed by atoms with Crippen molar-refractivity contribution in [3.05, 3.63) is 62.8 Å². The van der Waals surface area contributed by atoms with E-state index in [1.807, 2.05) is 13.8 Å². The van der Waals surface area contributed by atoms with Crippen LogP contribution in [0.2, 0.25) is 0 Å². The van der Waals surface area contributed by atoms with Crippen LogP contribution in [0, 0.1) is 20.2 Å². The molecule has 0 aliphatic carbocycles. The monoisotopic (exact) mass is 425 g/mol. The van der Waals surface area contributed by atoms with E-state index < -0.39 is 20.7 Å². The number of nitro groups is 2. The number of hydrogen-bond acceptors (Lipinski definition) is 10. The van der Waals surface area contributed by atoms with Crippen LogP contribution < -0.4 is 4.74 Å². The van der Waals surface area contributed by atoms with Crippen LogP contribution in [0.5, 0.6) is 5.75 Å². The molecule has 1 heterocycles. The zero-order valence-corrected chi connectivity index (χ0v) is 16.4. The summed E-state index contributed by atoms with van der Waals surface area (Å²) in [6, 6.07) is 7.94. The Balaban J connectivity index is 1.80. The predicted octanol–water partition coefficient (Wildman–Crippen LogP) is 4.63. The molecule has 148 valence electrons. The molecule has 0 amide bonds. The summed E-state index contributed by atoms with van der Waals surface area (Å²) in [4.78, 5) is 35.9. The number of nitro benzene ring substituents is 1. The number of carbonyl (C=O) groups is 1. The van der Waals surface area contributed by atoms with E-state index >= 15 is 0 Å². The molecule has 0 bridgehead atoms. The van der Waals surface area contributed by atoms with Gasteiger partial charge in [-0.3, -0.25) is 20.2 Å². The molecule has 0 radical (unpaired) electrons. The minimum Gasteiger partial charge on any atom is -0.432 e. The average molecular weight is 425 g/mol. The Hall–Kier alpha value is -2.86. The SMILES string of the molecule is CC(C)(COC(=O)Oc1ccc([N+](=O)[O-])cc1)SSc1ccc([N+](=O)[O-])cn1. The fourth-order valence-electron chi connectivity index (χ4n) is 1.70. The van der Waals surface area contributed by atoms with Gasteiger partial charge in [0.2, 0.25) is 0 Å². The molecule has 2 rings (SSSR count). The molecule has 0 unspecified atom stereocenters. The first-order chi connectivity index (χ1) is 13.2. The number of non-ortho nitro benzene ring substituents is 1. The molecule has 2 aromatic rings. The third kappa shape index (κ3) is 6.70. The van der Waals surface area contributed by atoms with Gasteiger partial charge in [0.05, 0.1) is 14.6 Å². The van der Waals surface area contributed by atoms with Crippen molar-refractivity contribution in [2.45, 2.75) is 23.6 Å².